The summed E-state index contributed by atoms with van der Waals surface area (Å²) in [6.07, 6.45) is 0. The van der Waals surface area contributed by atoms with Crippen LogP contribution in [0.25, 0.3) is 10.9 Å². The number of halogens is 1. The van der Waals surface area contributed by atoms with Crippen molar-refractivity contribution in [3.63, 3.8) is 0 Å². The van der Waals surface area contributed by atoms with Crippen molar-refractivity contribution in [2.75, 3.05) is 5.73 Å². The van der Waals surface area contributed by atoms with Gasteiger partial charge in [-0.25, -0.2) is 0 Å². The largest absolute Gasteiger partial charge is 0.379 e. The minimum absolute atomic E-state index is 0.00479. The van der Waals surface area contributed by atoms with Crippen LogP contribution >= 0.6 is 15.9 Å². The summed E-state index contributed by atoms with van der Waals surface area (Å²) in [7, 11) is 0. The first kappa shape index (κ1) is 8.25. The highest BCUT2D eigenvalue weighted by molar-refractivity contribution is 9.10. The van der Waals surface area contributed by atoms with Gasteiger partial charge in [0.05, 0.1) is 10.9 Å². The van der Waals surface area contributed by atoms with Crippen LogP contribution in [-0.2, 0) is 0 Å². The number of nitrogens with zero attached hydrogens (tertiary/aromatic N) is 1. The second-order valence-corrected chi connectivity index (χ2v) is 3.54. The number of anilines is 1. The van der Waals surface area contributed by atoms with Crippen LogP contribution in [0.3, 0.4) is 0 Å². The second-order valence-electron chi connectivity index (χ2n) is 2.63. The Morgan fingerprint density at radius 3 is 3.00 bits per heavy atom. The number of nitrogens with one attached hydrogen (secondary N) is 1. The molecule has 0 bridgehead atoms. The number of hydrogen-bond donors (Lipinski definition) is 2. The lowest BCUT2D eigenvalue weighted by molar-refractivity contribution is 1.08. The molecule has 4 nitrogen and oxygen atoms in total. The van der Waals surface area contributed by atoms with Gasteiger partial charge in [0, 0.05) is 4.47 Å². The van der Waals surface area contributed by atoms with Gasteiger partial charge in [0.2, 0.25) is 5.43 Å². The molecule has 0 aliphatic heterocycles. The molecule has 1 aromatic carbocycles. The fourth-order valence-electron chi connectivity index (χ4n) is 1.12. The predicted octanol–water partition coefficient (Wildman–Crippen LogP) is 1.27. The fraction of sp³-hybridized carbons (Fsp3) is 0. The number of aromatic nitrogens is 2. The highest BCUT2D eigenvalue weighted by Crippen LogP contribution is 2.14. The number of rotatable bonds is 0. The van der Waals surface area contributed by atoms with Gasteiger partial charge in [-0.05, 0) is 18.2 Å². The number of H-pyrrole nitrogens is 1. The van der Waals surface area contributed by atoms with Gasteiger partial charge in [-0.15, -0.1) is 0 Å². The third-order valence-electron chi connectivity index (χ3n) is 1.76. The highest BCUT2D eigenvalue weighted by Gasteiger charge is 2.02. The number of benzene rings is 1. The number of fused-ring (bicyclic) bond motifs is 1. The fourth-order valence-corrected chi connectivity index (χ4v) is 1.48. The Bertz CT molecular complexity index is 520. The standard InChI is InChI=1S/C8H6BrN3O/c9-4-1-2-5-6(3-4)11-12-8(10)7(5)13/h1-3H,(H2,10,12)(H,11,13). The zero-order chi connectivity index (χ0) is 9.42. The van der Waals surface area contributed by atoms with E-state index in [-0.39, 0.29) is 11.2 Å². The maximum Gasteiger partial charge on any atom is 0.231 e. The van der Waals surface area contributed by atoms with Crippen molar-refractivity contribution in [3.8, 4) is 0 Å². The van der Waals surface area contributed by atoms with E-state index in [1.807, 2.05) is 0 Å². The average Bonchev–Trinajstić information content (AvgIpc) is 2.12. The summed E-state index contributed by atoms with van der Waals surface area (Å²) in [4.78, 5) is 11.4. The van der Waals surface area contributed by atoms with Crippen LogP contribution in [0, 0.1) is 0 Å². The van der Waals surface area contributed by atoms with E-state index < -0.39 is 0 Å². The lowest BCUT2D eigenvalue weighted by atomic mass is 10.2. The molecule has 2 aromatic rings. The van der Waals surface area contributed by atoms with Crippen LogP contribution in [0.1, 0.15) is 0 Å². The van der Waals surface area contributed by atoms with Crippen molar-refractivity contribution in [3.05, 3.63) is 32.9 Å². The van der Waals surface area contributed by atoms with E-state index in [0.717, 1.165) is 4.47 Å². The maximum absolute atomic E-state index is 11.4. The maximum atomic E-state index is 11.4. The van der Waals surface area contributed by atoms with Gasteiger partial charge >= 0.3 is 0 Å². The molecule has 0 amide bonds. The van der Waals surface area contributed by atoms with E-state index >= 15 is 0 Å². The van der Waals surface area contributed by atoms with Gasteiger partial charge in [-0.1, -0.05) is 15.9 Å². The Morgan fingerprint density at radius 1 is 1.46 bits per heavy atom. The van der Waals surface area contributed by atoms with Gasteiger partial charge in [-0.2, -0.15) is 5.10 Å². The second kappa shape index (κ2) is 2.85. The van der Waals surface area contributed by atoms with Crippen LogP contribution < -0.4 is 11.2 Å². The topological polar surface area (TPSA) is 71.8 Å². The zero-order valence-electron chi connectivity index (χ0n) is 6.54. The van der Waals surface area contributed by atoms with E-state index in [1.54, 1.807) is 18.2 Å². The predicted molar refractivity (Wildman–Crippen MR) is 54.5 cm³/mol. The van der Waals surface area contributed by atoms with Gasteiger partial charge < -0.3 is 5.73 Å². The summed E-state index contributed by atoms with van der Waals surface area (Å²) < 4.78 is 0.891. The van der Waals surface area contributed by atoms with Crippen molar-refractivity contribution in [2.24, 2.45) is 0 Å². The minimum Gasteiger partial charge on any atom is -0.379 e. The Kier molecular flexibility index (Phi) is 1.81. The molecule has 0 saturated heterocycles. The van der Waals surface area contributed by atoms with Crippen LogP contribution in [0.15, 0.2) is 27.5 Å². The molecule has 2 rings (SSSR count). The molecule has 0 aliphatic rings. The molecule has 1 aromatic heterocycles. The molecular formula is C8H6BrN3O. The Hall–Kier alpha value is -1.36. The van der Waals surface area contributed by atoms with E-state index in [1.165, 1.54) is 0 Å². The van der Waals surface area contributed by atoms with Crippen LogP contribution in [0.5, 0.6) is 0 Å². The first-order chi connectivity index (χ1) is 6.18. The van der Waals surface area contributed by atoms with Crippen molar-refractivity contribution in [1.29, 1.82) is 0 Å². The number of nitrogens with two attached hydrogens (primary N) is 1. The van der Waals surface area contributed by atoms with Gasteiger partial charge in [0.25, 0.3) is 0 Å². The monoisotopic (exact) mass is 239 g/mol. The van der Waals surface area contributed by atoms with Crippen molar-refractivity contribution in [2.45, 2.75) is 0 Å². The third kappa shape index (κ3) is 1.31. The van der Waals surface area contributed by atoms with Crippen LogP contribution in [-0.4, -0.2) is 10.2 Å². The lowest BCUT2D eigenvalue weighted by Crippen LogP contribution is -2.11. The van der Waals surface area contributed by atoms with E-state index in [0.29, 0.717) is 10.9 Å². The summed E-state index contributed by atoms with van der Waals surface area (Å²) in [5.74, 6) is -0.00479. The summed E-state index contributed by atoms with van der Waals surface area (Å²) >= 11 is 3.29. The molecule has 0 radical (unpaired) electrons. The summed E-state index contributed by atoms with van der Waals surface area (Å²) in [6, 6.07) is 5.27. The number of aromatic amines is 1. The van der Waals surface area contributed by atoms with Crippen molar-refractivity contribution >= 4 is 32.7 Å². The van der Waals surface area contributed by atoms with Gasteiger partial charge in [0.15, 0.2) is 5.82 Å². The quantitative estimate of drug-likeness (QED) is 0.728. The summed E-state index contributed by atoms with van der Waals surface area (Å²) in [5.41, 5.74) is 5.80. The first-order valence-corrected chi connectivity index (χ1v) is 4.41. The molecule has 13 heavy (non-hydrogen) atoms. The Balaban J connectivity index is 2.95. The molecule has 0 aliphatic carbocycles. The normalized spacial score (nSPS) is 10.5. The third-order valence-corrected chi connectivity index (χ3v) is 2.25. The first-order valence-electron chi connectivity index (χ1n) is 3.62. The molecule has 5 heteroatoms. The smallest absolute Gasteiger partial charge is 0.231 e. The minimum atomic E-state index is -0.235. The summed E-state index contributed by atoms with van der Waals surface area (Å²) in [5, 5.41) is 6.91. The van der Waals surface area contributed by atoms with Crippen LogP contribution in [0.2, 0.25) is 0 Å². The molecule has 1 heterocycles. The van der Waals surface area contributed by atoms with E-state index in [4.69, 9.17) is 5.73 Å². The molecule has 0 fully saturated rings. The molecule has 0 atom stereocenters. The van der Waals surface area contributed by atoms with Crippen molar-refractivity contribution in [1.82, 2.24) is 10.2 Å². The lowest BCUT2D eigenvalue weighted by Gasteiger charge is -1.97. The van der Waals surface area contributed by atoms with Crippen molar-refractivity contribution < 1.29 is 0 Å². The molecule has 0 saturated carbocycles. The highest BCUT2D eigenvalue weighted by atomic mass is 79.9. The van der Waals surface area contributed by atoms with Gasteiger partial charge in [0.1, 0.15) is 0 Å². The molecule has 0 unspecified atom stereocenters. The average molecular weight is 240 g/mol. The Morgan fingerprint density at radius 2 is 2.23 bits per heavy atom. The molecular weight excluding hydrogens is 234 g/mol. The SMILES string of the molecule is Nc1n[nH]c2cc(Br)ccc2c1=O. The van der Waals surface area contributed by atoms with E-state index in [2.05, 4.69) is 26.1 Å². The summed E-state index contributed by atoms with van der Waals surface area (Å²) in [6.45, 7) is 0. The number of hydrogen-bond acceptors (Lipinski definition) is 3. The van der Waals surface area contributed by atoms with E-state index in [9.17, 15) is 4.79 Å². The van der Waals surface area contributed by atoms with Crippen LogP contribution in [0.4, 0.5) is 5.82 Å². The zero-order valence-corrected chi connectivity index (χ0v) is 8.13. The molecule has 66 valence electrons. The Labute approximate surface area is 81.9 Å². The molecule has 0 spiro atoms. The molecule has 3 N–H and O–H groups in total. The van der Waals surface area contributed by atoms with Gasteiger partial charge in [-0.3, -0.25) is 9.89 Å². The number of nitrogen functional groups attached to an aromatic ring is 1.